The summed E-state index contributed by atoms with van der Waals surface area (Å²) in [6.45, 7) is 1.60. The van der Waals surface area contributed by atoms with Gasteiger partial charge in [0.2, 0.25) is 0 Å². The zero-order valence-corrected chi connectivity index (χ0v) is 16.1. The van der Waals surface area contributed by atoms with Gasteiger partial charge in [0.25, 0.3) is 0 Å². The number of halogens is 3. The number of ketones is 1. The third-order valence-electron chi connectivity index (χ3n) is 3.30. The predicted octanol–water partition coefficient (Wildman–Crippen LogP) is 4.92. The third kappa shape index (κ3) is 4.35. The maximum atomic E-state index is 12.6. The Morgan fingerprint density at radius 3 is 2.43 bits per heavy atom. The van der Waals surface area contributed by atoms with E-state index in [0.717, 1.165) is 0 Å². The number of rotatable bonds is 5. The molecule has 0 heterocycles. The molecule has 0 amide bonds. The van der Waals surface area contributed by atoms with Gasteiger partial charge in [-0.15, -0.1) is 0 Å². The molecule has 0 aliphatic rings. The second kappa shape index (κ2) is 7.34. The van der Waals surface area contributed by atoms with Crippen LogP contribution in [0.15, 0.2) is 40.9 Å². The molecule has 7 heteroatoms. The number of hydrogen-bond donors (Lipinski definition) is 0. The van der Waals surface area contributed by atoms with Gasteiger partial charge in [-0.05, 0) is 29.8 Å². The molecule has 0 N–H and O–H groups in total. The molecule has 2 aromatic carbocycles. The minimum Gasteiger partial charge on any atom is -0.289 e. The minimum atomic E-state index is -3.13. The van der Waals surface area contributed by atoms with Crippen molar-refractivity contribution >= 4 is 54.8 Å². The number of carbonyl (C=O) groups is 1. The van der Waals surface area contributed by atoms with Crippen LogP contribution in [0.2, 0.25) is 10.0 Å². The summed E-state index contributed by atoms with van der Waals surface area (Å²) in [5, 5.41) is 0.503. The van der Waals surface area contributed by atoms with Gasteiger partial charge in [-0.2, -0.15) is 0 Å². The lowest BCUT2D eigenvalue weighted by Crippen LogP contribution is -2.08. The monoisotopic (exact) mass is 434 g/mol. The first-order chi connectivity index (χ1) is 10.7. The normalized spacial score (nSPS) is 11.5. The topological polar surface area (TPSA) is 51.2 Å². The lowest BCUT2D eigenvalue weighted by atomic mass is 10.0. The number of hydrogen-bond acceptors (Lipinski definition) is 3. The van der Waals surface area contributed by atoms with E-state index in [1.165, 1.54) is 0 Å². The van der Waals surface area contributed by atoms with Gasteiger partial charge in [-0.3, -0.25) is 4.79 Å². The largest absolute Gasteiger partial charge is 0.289 e. The molecule has 0 radical (unpaired) electrons. The van der Waals surface area contributed by atoms with Gasteiger partial charge < -0.3 is 0 Å². The van der Waals surface area contributed by atoms with E-state index in [-0.39, 0.29) is 22.3 Å². The summed E-state index contributed by atoms with van der Waals surface area (Å²) in [7, 11) is -3.13. The highest BCUT2D eigenvalue weighted by Gasteiger charge is 2.18. The van der Waals surface area contributed by atoms with Crippen molar-refractivity contribution in [3.05, 3.63) is 67.6 Å². The van der Waals surface area contributed by atoms with Gasteiger partial charge in [0, 0.05) is 21.4 Å². The van der Waals surface area contributed by atoms with Crippen molar-refractivity contribution in [3.8, 4) is 0 Å². The van der Waals surface area contributed by atoms with Crippen molar-refractivity contribution < 1.29 is 13.2 Å². The SMILES string of the molecule is CCS(=O)(=O)Cc1ccc(C(=O)c2cccc(Cl)c2Cl)c(Br)c1. The maximum Gasteiger partial charge on any atom is 0.195 e. The first-order valence-corrected chi connectivity index (χ1v) is 10.1. The Bertz CT molecular complexity index is 864. The molecule has 122 valence electrons. The van der Waals surface area contributed by atoms with Crippen molar-refractivity contribution in [1.29, 1.82) is 0 Å². The zero-order chi connectivity index (χ0) is 17.2. The Morgan fingerprint density at radius 1 is 1.13 bits per heavy atom. The highest BCUT2D eigenvalue weighted by molar-refractivity contribution is 9.10. The second-order valence-corrected chi connectivity index (χ2v) is 8.91. The molecule has 0 fully saturated rings. The Kier molecular flexibility index (Phi) is 5.89. The van der Waals surface area contributed by atoms with Crippen molar-refractivity contribution in [1.82, 2.24) is 0 Å². The summed E-state index contributed by atoms with van der Waals surface area (Å²) in [6.07, 6.45) is 0. The Morgan fingerprint density at radius 2 is 1.83 bits per heavy atom. The van der Waals surface area contributed by atoms with Crippen LogP contribution >= 0.6 is 39.1 Å². The van der Waals surface area contributed by atoms with E-state index in [1.54, 1.807) is 43.3 Å². The molecule has 23 heavy (non-hydrogen) atoms. The molecule has 0 aliphatic carbocycles. The van der Waals surface area contributed by atoms with Crippen LogP contribution in [-0.2, 0) is 15.6 Å². The molecule has 0 spiro atoms. The Balaban J connectivity index is 2.38. The van der Waals surface area contributed by atoms with Crippen LogP contribution in [0.25, 0.3) is 0 Å². The molecule has 2 aromatic rings. The quantitative estimate of drug-likeness (QED) is 0.626. The maximum absolute atomic E-state index is 12.6. The number of benzene rings is 2. The Labute approximate surface area is 153 Å². The van der Waals surface area contributed by atoms with E-state index in [2.05, 4.69) is 15.9 Å². The summed E-state index contributed by atoms with van der Waals surface area (Å²) >= 11 is 15.3. The van der Waals surface area contributed by atoms with Crippen molar-refractivity contribution in [3.63, 3.8) is 0 Å². The number of sulfone groups is 1. The van der Waals surface area contributed by atoms with Crippen molar-refractivity contribution in [2.75, 3.05) is 5.75 Å². The molecular weight excluding hydrogens is 423 g/mol. The standard InChI is InChI=1S/C16H13BrCl2O3S/c1-2-23(21,22)9-10-6-7-11(13(17)8-10)16(20)12-4-3-5-14(18)15(12)19/h3-8H,2,9H2,1H3. The summed E-state index contributed by atoms with van der Waals surface area (Å²) < 4.78 is 23.9. The molecule has 0 atom stereocenters. The minimum absolute atomic E-state index is 0.0610. The van der Waals surface area contributed by atoms with Crippen LogP contribution < -0.4 is 0 Å². The van der Waals surface area contributed by atoms with Gasteiger partial charge >= 0.3 is 0 Å². The lowest BCUT2D eigenvalue weighted by molar-refractivity contribution is 0.103. The highest BCUT2D eigenvalue weighted by atomic mass is 79.9. The highest BCUT2D eigenvalue weighted by Crippen LogP contribution is 2.30. The zero-order valence-electron chi connectivity index (χ0n) is 12.1. The third-order valence-corrected chi connectivity index (χ3v) is 6.43. The fourth-order valence-corrected chi connectivity index (χ4v) is 3.90. The van der Waals surface area contributed by atoms with Crippen LogP contribution in [0.1, 0.15) is 28.4 Å². The predicted molar refractivity (Wildman–Crippen MR) is 97.2 cm³/mol. The van der Waals surface area contributed by atoms with Gasteiger partial charge in [0.15, 0.2) is 15.6 Å². The molecule has 0 saturated carbocycles. The molecule has 0 bridgehead atoms. The van der Waals surface area contributed by atoms with Crippen LogP contribution in [0.3, 0.4) is 0 Å². The van der Waals surface area contributed by atoms with Gasteiger partial charge in [0.05, 0.1) is 15.8 Å². The summed E-state index contributed by atoms with van der Waals surface area (Å²) in [5.74, 6) is -0.271. The van der Waals surface area contributed by atoms with Gasteiger partial charge in [-0.1, -0.05) is 58.2 Å². The van der Waals surface area contributed by atoms with Crippen molar-refractivity contribution in [2.24, 2.45) is 0 Å². The van der Waals surface area contributed by atoms with Crippen LogP contribution in [0.5, 0.6) is 0 Å². The lowest BCUT2D eigenvalue weighted by Gasteiger charge is -2.09. The molecule has 0 unspecified atom stereocenters. The molecule has 0 aromatic heterocycles. The Hall–Kier alpha value is -0.880. The van der Waals surface area contributed by atoms with E-state index in [4.69, 9.17) is 23.2 Å². The number of carbonyl (C=O) groups excluding carboxylic acids is 1. The van der Waals surface area contributed by atoms with E-state index in [0.29, 0.717) is 26.2 Å². The fraction of sp³-hybridized carbons (Fsp3) is 0.188. The van der Waals surface area contributed by atoms with Gasteiger partial charge in [0.1, 0.15) is 0 Å². The average Bonchev–Trinajstić information content (AvgIpc) is 2.49. The van der Waals surface area contributed by atoms with Crippen LogP contribution in [-0.4, -0.2) is 20.0 Å². The van der Waals surface area contributed by atoms with E-state index in [1.807, 2.05) is 0 Å². The first-order valence-electron chi connectivity index (χ1n) is 6.72. The van der Waals surface area contributed by atoms with Gasteiger partial charge in [-0.25, -0.2) is 8.42 Å². The van der Waals surface area contributed by atoms with Crippen molar-refractivity contribution in [2.45, 2.75) is 12.7 Å². The van der Waals surface area contributed by atoms with Crippen LogP contribution in [0, 0.1) is 0 Å². The van der Waals surface area contributed by atoms with Crippen LogP contribution in [0.4, 0.5) is 0 Å². The smallest absolute Gasteiger partial charge is 0.195 e. The molecule has 2 rings (SSSR count). The molecule has 0 saturated heterocycles. The van der Waals surface area contributed by atoms with E-state index < -0.39 is 9.84 Å². The summed E-state index contributed by atoms with van der Waals surface area (Å²) in [4.78, 5) is 12.6. The average molecular weight is 436 g/mol. The fourth-order valence-electron chi connectivity index (χ4n) is 2.01. The summed E-state index contributed by atoms with van der Waals surface area (Å²) in [6, 6.07) is 9.71. The van der Waals surface area contributed by atoms with E-state index in [9.17, 15) is 13.2 Å². The molecular formula is C16H13BrCl2O3S. The summed E-state index contributed by atoms with van der Waals surface area (Å²) in [5.41, 5.74) is 1.31. The van der Waals surface area contributed by atoms with E-state index >= 15 is 0 Å². The molecule has 0 aliphatic heterocycles. The molecule has 3 nitrogen and oxygen atoms in total. The second-order valence-electron chi connectivity index (χ2n) is 4.92. The first kappa shape index (κ1) is 18.5.